The molecule has 5 heteroatoms. The van der Waals surface area contributed by atoms with Gasteiger partial charge in [0.05, 0.1) is 19.3 Å². The highest BCUT2D eigenvalue weighted by molar-refractivity contribution is 5.51. The van der Waals surface area contributed by atoms with Gasteiger partial charge in [-0.05, 0) is 49.6 Å². The predicted molar refractivity (Wildman–Crippen MR) is 88.7 cm³/mol. The molecule has 1 aliphatic heterocycles. The number of benzene rings is 2. The van der Waals surface area contributed by atoms with Gasteiger partial charge in [-0.25, -0.2) is 8.78 Å². The van der Waals surface area contributed by atoms with Crippen LogP contribution >= 0.6 is 0 Å². The topological polar surface area (TPSA) is 30.5 Å². The molecule has 0 aliphatic carbocycles. The molecular weight excluding hydrogens is 312 g/mol. The molecule has 0 aromatic heterocycles. The predicted octanol–water partition coefficient (Wildman–Crippen LogP) is 4.00. The standard InChI is InChI=1S/C19H21F2NO2/c1-3-23-16-10-12-8-9-22-19(14(12)11-17(16)24-4-2)13-6-5-7-15(20)18(13)21/h5-7,10-11,19,22H,3-4,8-9H2,1-2H3/t19-/m0/s1. The van der Waals surface area contributed by atoms with Crippen molar-refractivity contribution in [1.29, 1.82) is 0 Å². The lowest BCUT2D eigenvalue weighted by atomic mass is 9.89. The molecule has 128 valence electrons. The van der Waals surface area contributed by atoms with E-state index in [9.17, 15) is 8.78 Å². The first-order valence-corrected chi connectivity index (χ1v) is 8.25. The average molecular weight is 333 g/mol. The first kappa shape index (κ1) is 16.7. The largest absolute Gasteiger partial charge is 0.490 e. The van der Waals surface area contributed by atoms with Gasteiger partial charge in [-0.1, -0.05) is 12.1 Å². The molecule has 0 unspecified atom stereocenters. The minimum atomic E-state index is -0.836. The van der Waals surface area contributed by atoms with Crippen molar-refractivity contribution in [3.63, 3.8) is 0 Å². The Morgan fingerprint density at radius 3 is 2.46 bits per heavy atom. The second-order valence-electron chi connectivity index (χ2n) is 5.64. The van der Waals surface area contributed by atoms with Crippen LogP contribution in [0.25, 0.3) is 0 Å². The van der Waals surface area contributed by atoms with Crippen LogP contribution in [-0.4, -0.2) is 19.8 Å². The van der Waals surface area contributed by atoms with Gasteiger partial charge in [0.1, 0.15) is 0 Å². The highest BCUT2D eigenvalue weighted by Crippen LogP contribution is 2.38. The number of ether oxygens (including phenoxy) is 2. The van der Waals surface area contributed by atoms with Gasteiger partial charge in [0.25, 0.3) is 0 Å². The van der Waals surface area contributed by atoms with E-state index in [0.717, 1.165) is 23.6 Å². The van der Waals surface area contributed by atoms with Crippen LogP contribution in [0, 0.1) is 11.6 Å². The van der Waals surface area contributed by atoms with Crippen LogP contribution in [0.15, 0.2) is 30.3 Å². The Morgan fingerprint density at radius 1 is 1.04 bits per heavy atom. The Hall–Kier alpha value is -2.14. The Labute approximate surface area is 140 Å². The van der Waals surface area contributed by atoms with Crippen molar-refractivity contribution in [2.75, 3.05) is 19.8 Å². The summed E-state index contributed by atoms with van der Waals surface area (Å²) in [4.78, 5) is 0. The van der Waals surface area contributed by atoms with Crippen molar-refractivity contribution in [3.8, 4) is 11.5 Å². The van der Waals surface area contributed by atoms with Crippen LogP contribution in [0.2, 0.25) is 0 Å². The van der Waals surface area contributed by atoms with E-state index in [1.807, 2.05) is 26.0 Å². The maximum Gasteiger partial charge on any atom is 0.163 e. The first-order valence-electron chi connectivity index (χ1n) is 8.25. The molecule has 0 saturated heterocycles. The number of halogens is 2. The lowest BCUT2D eigenvalue weighted by Crippen LogP contribution is -2.31. The van der Waals surface area contributed by atoms with Crippen LogP contribution < -0.4 is 14.8 Å². The third-order valence-corrected chi connectivity index (χ3v) is 4.15. The lowest BCUT2D eigenvalue weighted by molar-refractivity contribution is 0.286. The molecule has 3 rings (SSSR count). The molecule has 3 nitrogen and oxygen atoms in total. The van der Waals surface area contributed by atoms with Gasteiger partial charge < -0.3 is 14.8 Å². The van der Waals surface area contributed by atoms with E-state index in [-0.39, 0.29) is 0 Å². The quantitative estimate of drug-likeness (QED) is 0.897. The van der Waals surface area contributed by atoms with Crippen LogP contribution in [0.5, 0.6) is 11.5 Å². The second-order valence-corrected chi connectivity index (χ2v) is 5.64. The van der Waals surface area contributed by atoms with E-state index in [2.05, 4.69) is 5.32 Å². The summed E-state index contributed by atoms with van der Waals surface area (Å²) in [5.74, 6) is -0.325. The van der Waals surface area contributed by atoms with Gasteiger partial charge in [0, 0.05) is 12.1 Å². The fourth-order valence-corrected chi connectivity index (χ4v) is 3.12. The minimum absolute atomic E-state index is 0.308. The van der Waals surface area contributed by atoms with E-state index in [4.69, 9.17) is 9.47 Å². The SMILES string of the molecule is CCOc1cc2c(cc1OCC)[C@H](c1cccc(F)c1F)NCC2. The van der Waals surface area contributed by atoms with Crippen LogP contribution in [0.3, 0.4) is 0 Å². The van der Waals surface area contributed by atoms with Crippen molar-refractivity contribution in [2.45, 2.75) is 26.3 Å². The Morgan fingerprint density at radius 2 is 1.75 bits per heavy atom. The average Bonchev–Trinajstić information content (AvgIpc) is 2.58. The summed E-state index contributed by atoms with van der Waals surface area (Å²) in [5.41, 5.74) is 2.27. The summed E-state index contributed by atoms with van der Waals surface area (Å²) >= 11 is 0. The molecule has 0 radical (unpaired) electrons. The molecule has 1 N–H and O–H groups in total. The maximum atomic E-state index is 14.3. The van der Waals surface area contributed by atoms with Gasteiger partial charge >= 0.3 is 0 Å². The smallest absolute Gasteiger partial charge is 0.163 e. The van der Waals surface area contributed by atoms with Crippen LogP contribution in [-0.2, 0) is 6.42 Å². The van der Waals surface area contributed by atoms with Gasteiger partial charge in [-0.2, -0.15) is 0 Å². The summed E-state index contributed by atoms with van der Waals surface area (Å²) in [6, 6.07) is 7.70. The molecule has 2 aromatic rings. The van der Waals surface area contributed by atoms with Gasteiger partial charge in [0.15, 0.2) is 23.1 Å². The zero-order valence-corrected chi connectivity index (χ0v) is 13.9. The molecule has 0 amide bonds. The summed E-state index contributed by atoms with van der Waals surface area (Å²) in [7, 11) is 0. The van der Waals surface area contributed by atoms with E-state index >= 15 is 0 Å². The van der Waals surface area contributed by atoms with E-state index < -0.39 is 17.7 Å². The van der Waals surface area contributed by atoms with Crippen LogP contribution in [0.4, 0.5) is 8.78 Å². The molecule has 1 atom stereocenters. The number of rotatable bonds is 5. The minimum Gasteiger partial charge on any atom is -0.490 e. The van der Waals surface area contributed by atoms with Crippen molar-refractivity contribution in [1.82, 2.24) is 5.32 Å². The van der Waals surface area contributed by atoms with Crippen molar-refractivity contribution >= 4 is 0 Å². The number of nitrogens with one attached hydrogen (secondary N) is 1. The number of hydrogen-bond donors (Lipinski definition) is 1. The third kappa shape index (κ3) is 3.08. The van der Waals surface area contributed by atoms with Gasteiger partial charge in [-0.15, -0.1) is 0 Å². The van der Waals surface area contributed by atoms with Crippen molar-refractivity contribution in [2.24, 2.45) is 0 Å². The van der Waals surface area contributed by atoms with Crippen molar-refractivity contribution in [3.05, 3.63) is 58.7 Å². The first-order chi connectivity index (χ1) is 11.7. The molecule has 0 saturated carbocycles. The van der Waals surface area contributed by atoms with Crippen LogP contribution in [0.1, 0.15) is 36.6 Å². The lowest BCUT2D eigenvalue weighted by Gasteiger charge is -2.29. The number of hydrogen-bond acceptors (Lipinski definition) is 3. The molecule has 0 spiro atoms. The molecule has 0 bridgehead atoms. The van der Waals surface area contributed by atoms with E-state index in [1.54, 1.807) is 6.07 Å². The van der Waals surface area contributed by atoms with Gasteiger partial charge in [-0.3, -0.25) is 0 Å². The Bertz CT molecular complexity index is 734. The molecule has 1 aliphatic rings. The summed E-state index contributed by atoms with van der Waals surface area (Å²) in [6.07, 6.45) is 0.801. The summed E-state index contributed by atoms with van der Waals surface area (Å²) in [6.45, 7) is 5.55. The normalized spacial score (nSPS) is 16.6. The number of fused-ring (bicyclic) bond motifs is 1. The fraction of sp³-hybridized carbons (Fsp3) is 0.368. The molecule has 24 heavy (non-hydrogen) atoms. The molecular formula is C19H21F2NO2. The molecule has 2 aromatic carbocycles. The zero-order valence-electron chi connectivity index (χ0n) is 13.9. The molecule has 0 fully saturated rings. The van der Waals surface area contributed by atoms with Crippen molar-refractivity contribution < 1.29 is 18.3 Å². The monoisotopic (exact) mass is 333 g/mol. The fourth-order valence-electron chi connectivity index (χ4n) is 3.12. The highest BCUT2D eigenvalue weighted by atomic mass is 19.2. The zero-order chi connectivity index (χ0) is 17.1. The van der Waals surface area contributed by atoms with E-state index in [0.29, 0.717) is 36.8 Å². The third-order valence-electron chi connectivity index (χ3n) is 4.15. The molecule has 1 heterocycles. The summed E-state index contributed by atoms with van der Waals surface area (Å²) < 4.78 is 39.2. The maximum absolute atomic E-state index is 14.3. The summed E-state index contributed by atoms with van der Waals surface area (Å²) in [5, 5.41) is 3.28. The Kier molecular flexibility index (Phi) is 5.00. The van der Waals surface area contributed by atoms with Gasteiger partial charge in [0.2, 0.25) is 0 Å². The van der Waals surface area contributed by atoms with E-state index in [1.165, 1.54) is 6.07 Å². The Balaban J connectivity index is 2.09. The second kappa shape index (κ2) is 7.18. The highest BCUT2D eigenvalue weighted by Gasteiger charge is 2.27.